The average molecular weight is 381 g/mol. The fraction of sp³-hybridized carbons (Fsp3) is 0.526. The molecule has 6 nitrogen and oxygen atoms in total. The van der Waals surface area contributed by atoms with Crippen molar-refractivity contribution in [3.05, 3.63) is 35.9 Å². The third-order valence-corrected chi connectivity index (χ3v) is 5.72. The molecule has 0 amide bonds. The molecule has 1 aliphatic heterocycles. The summed E-state index contributed by atoms with van der Waals surface area (Å²) in [6.45, 7) is 3.69. The molecule has 7 heteroatoms. The highest BCUT2D eigenvalue weighted by Crippen LogP contribution is 2.64. The van der Waals surface area contributed by atoms with Crippen LogP contribution in [0.25, 0.3) is 0 Å². The number of esters is 2. The van der Waals surface area contributed by atoms with Crippen molar-refractivity contribution in [2.75, 3.05) is 19.8 Å². The highest BCUT2D eigenvalue weighted by molar-refractivity contribution is 6.40. The van der Waals surface area contributed by atoms with Gasteiger partial charge in [0.2, 0.25) is 0 Å². The minimum atomic E-state index is -1.42. The van der Waals surface area contributed by atoms with E-state index in [-0.39, 0.29) is 26.2 Å². The van der Waals surface area contributed by atoms with Crippen LogP contribution in [0.5, 0.6) is 0 Å². The summed E-state index contributed by atoms with van der Waals surface area (Å²) in [6, 6.07) is 8.84. The first-order valence-electron chi connectivity index (χ1n) is 8.68. The molecule has 140 valence electrons. The summed E-state index contributed by atoms with van der Waals surface area (Å²) >= 11 is 6.70. The highest BCUT2D eigenvalue weighted by atomic mass is 35.5. The Balaban J connectivity index is 2.03. The molecule has 2 aliphatic rings. The summed E-state index contributed by atoms with van der Waals surface area (Å²) in [7, 11) is 0. The molecule has 0 spiro atoms. The van der Waals surface area contributed by atoms with Gasteiger partial charge in [-0.05, 0) is 25.8 Å². The van der Waals surface area contributed by atoms with Gasteiger partial charge in [0.1, 0.15) is 6.10 Å². The van der Waals surface area contributed by atoms with E-state index in [0.717, 1.165) is 0 Å². The Labute approximate surface area is 156 Å². The van der Waals surface area contributed by atoms with Gasteiger partial charge in [0, 0.05) is 6.61 Å². The predicted octanol–water partition coefficient (Wildman–Crippen LogP) is 2.22. The molecule has 0 bridgehead atoms. The molecule has 1 aliphatic carbocycles. The minimum Gasteiger partial charge on any atom is -0.465 e. The quantitative estimate of drug-likeness (QED) is 0.428. The largest absolute Gasteiger partial charge is 0.465 e. The topological polar surface area (TPSA) is 78.9 Å². The molecule has 26 heavy (non-hydrogen) atoms. The normalized spacial score (nSPS) is 29.8. The van der Waals surface area contributed by atoms with Crippen LogP contribution >= 0.6 is 11.6 Å². The lowest BCUT2D eigenvalue weighted by molar-refractivity contribution is -0.188. The van der Waals surface area contributed by atoms with Gasteiger partial charge in [0.25, 0.3) is 0 Å². The van der Waals surface area contributed by atoms with Crippen molar-refractivity contribution in [3.8, 4) is 0 Å². The zero-order chi connectivity index (χ0) is 18.9. The Bertz CT molecular complexity index is 702. The Morgan fingerprint density at radius 1 is 1.19 bits per heavy atom. The van der Waals surface area contributed by atoms with Crippen LogP contribution in [0.1, 0.15) is 25.8 Å². The molecule has 3 rings (SSSR count). The van der Waals surface area contributed by atoms with Crippen molar-refractivity contribution in [2.45, 2.75) is 31.2 Å². The molecular formula is C19H21ClO6. The highest BCUT2D eigenvalue weighted by Gasteiger charge is 2.79. The molecule has 1 aromatic carbocycles. The number of ketones is 1. The first-order chi connectivity index (χ1) is 12.4. The Hall–Kier alpha value is -1.92. The molecule has 0 N–H and O–H groups in total. The van der Waals surface area contributed by atoms with Crippen LogP contribution in [0.3, 0.4) is 0 Å². The minimum absolute atomic E-state index is 0.0925. The number of hydrogen-bond donors (Lipinski definition) is 0. The summed E-state index contributed by atoms with van der Waals surface area (Å²) in [6.07, 6.45) is -0.578. The fourth-order valence-electron chi connectivity index (χ4n) is 4.07. The van der Waals surface area contributed by atoms with E-state index in [1.165, 1.54) is 0 Å². The zero-order valence-electron chi connectivity index (χ0n) is 14.7. The lowest BCUT2D eigenvalue weighted by atomic mass is 9.50. The lowest BCUT2D eigenvalue weighted by Gasteiger charge is -2.55. The van der Waals surface area contributed by atoms with E-state index in [2.05, 4.69) is 0 Å². The van der Waals surface area contributed by atoms with Crippen molar-refractivity contribution >= 4 is 29.3 Å². The summed E-state index contributed by atoms with van der Waals surface area (Å²) in [4.78, 5) is 37.0. The number of benzene rings is 1. The number of halogens is 1. The fourth-order valence-corrected chi connectivity index (χ4v) is 4.63. The molecule has 1 saturated heterocycles. The van der Waals surface area contributed by atoms with Crippen LogP contribution in [0.4, 0.5) is 0 Å². The van der Waals surface area contributed by atoms with Crippen LogP contribution in [0.15, 0.2) is 30.3 Å². The average Bonchev–Trinajstić information content (AvgIpc) is 3.04. The molecule has 1 aromatic rings. The molecule has 2 fully saturated rings. The Kier molecular flexibility index (Phi) is 5.08. The second kappa shape index (κ2) is 7.00. The van der Waals surface area contributed by atoms with Gasteiger partial charge >= 0.3 is 11.9 Å². The van der Waals surface area contributed by atoms with E-state index >= 15 is 0 Å². The predicted molar refractivity (Wildman–Crippen MR) is 92.5 cm³/mol. The first-order valence-corrected chi connectivity index (χ1v) is 9.06. The van der Waals surface area contributed by atoms with Crippen LogP contribution in [-0.2, 0) is 33.5 Å². The summed E-state index contributed by atoms with van der Waals surface area (Å²) in [5, 5.41) is 0. The molecule has 1 unspecified atom stereocenters. The smallest absolute Gasteiger partial charge is 0.321 e. The molecule has 0 radical (unpaired) electrons. The maximum atomic E-state index is 13.3. The third kappa shape index (κ3) is 2.47. The van der Waals surface area contributed by atoms with Gasteiger partial charge in [-0.2, -0.15) is 0 Å². The van der Waals surface area contributed by atoms with Crippen LogP contribution in [-0.4, -0.2) is 43.6 Å². The van der Waals surface area contributed by atoms with E-state index in [1.54, 1.807) is 38.1 Å². The molecular weight excluding hydrogens is 360 g/mol. The van der Waals surface area contributed by atoms with Crippen LogP contribution < -0.4 is 0 Å². The lowest BCUT2D eigenvalue weighted by Crippen LogP contribution is -2.72. The van der Waals surface area contributed by atoms with Gasteiger partial charge in [0.05, 0.1) is 18.6 Å². The van der Waals surface area contributed by atoms with E-state index in [4.69, 9.17) is 25.8 Å². The van der Waals surface area contributed by atoms with E-state index in [9.17, 15) is 14.4 Å². The Morgan fingerprint density at radius 2 is 1.77 bits per heavy atom. The second-order valence-corrected chi connectivity index (χ2v) is 6.98. The summed E-state index contributed by atoms with van der Waals surface area (Å²) in [5.74, 6) is -3.33. The van der Waals surface area contributed by atoms with Crippen molar-refractivity contribution < 1.29 is 28.6 Å². The first kappa shape index (κ1) is 18.9. The monoisotopic (exact) mass is 380 g/mol. The van der Waals surface area contributed by atoms with Crippen molar-refractivity contribution in [3.63, 3.8) is 0 Å². The maximum absolute atomic E-state index is 13.3. The third-order valence-electron chi connectivity index (χ3n) is 5.14. The van der Waals surface area contributed by atoms with Crippen molar-refractivity contribution in [1.82, 2.24) is 0 Å². The number of alkyl halides is 1. The number of fused-ring (bicyclic) bond motifs is 1. The van der Waals surface area contributed by atoms with Gasteiger partial charge < -0.3 is 14.2 Å². The molecule has 1 heterocycles. The summed E-state index contributed by atoms with van der Waals surface area (Å²) in [5.41, 5.74) is -0.767. The Morgan fingerprint density at radius 3 is 2.31 bits per heavy atom. The van der Waals surface area contributed by atoms with E-state index in [1.807, 2.05) is 6.07 Å². The van der Waals surface area contributed by atoms with Crippen LogP contribution in [0.2, 0.25) is 0 Å². The van der Waals surface area contributed by atoms with Crippen molar-refractivity contribution in [1.29, 1.82) is 0 Å². The second-order valence-electron chi connectivity index (χ2n) is 6.39. The number of carbonyl (C=O) groups is 3. The number of ether oxygens (including phenoxy) is 3. The zero-order valence-corrected chi connectivity index (χ0v) is 15.5. The van der Waals surface area contributed by atoms with E-state index in [0.29, 0.717) is 5.56 Å². The SMILES string of the molecule is CCOC(=O)C(C(=O)OCC)[C@@]12CCO[C@@H]1C(Cl)(c1ccccc1)C2=O. The molecule has 0 aromatic heterocycles. The van der Waals surface area contributed by atoms with Gasteiger partial charge in [-0.3, -0.25) is 14.4 Å². The van der Waals surface area contributed by atoms with E-state index < -0.39 is 40.0 Å². The van der Waals surface area contributed by atoms with Crippen molar-refractivity contribution in [2.24, 2.45) is 11.3 Å². The molecule has 3 atom stereocenters. The van der Waals surface area contributed by atoms with Gasteiger partial charge in [0.15, 0.2) is 16.6 Å². The number of carbonyl (C=O) groups excluding carboxylic acids is 3. The molecule has 1 saturated carbocycles. The summed E-state index contributed by atoms with van der Waals surface area (Å²) < 4.78 is 15.9. The van der Waals surface area contributed by atoms with Gasteiger partial charge in [-0.15, -0.1) is 11.6 Å². The maximum Gasteiger partial charge on any atom is 0.321 e. The van der Waals surface area contributed by atoms with Gasteiger partial charge in [-0.1, -0.05) is 30.3 Å². The number of Topliss-reactive ketones (excluding diaryl/α,β-unsaturated/α-hetero) is 1. The standard InChI is InChI=1S/C19H21ClO6/c1-3-24-14(21)13(15(22)25-4-2)18-10-11-26-17(18)19(20,16(18)23)12-8-6-5-7-9-12/h5-9,13,17H,3-4,10-11H2,1-2H3/t17-,18+,19?/m0/s1. The van der Waals surface area contributed by atoms with Crippen LogP contribution in [0, 0.1) is 11.3 Å². The number of hydrogen-bond acceptors (Lipinski definition) is 6. The number of rotatable bonds is 6. The van der Waals surface area contributed by atoms with Gasteiger partial charge in [-0.25, -0.2) is 0 Å².